The lowest BCUT2D eigenvalue weighted by molar-refractivity contribution is -0.129. The van der Waals surface area contributed by atoms with E-state index >= 15 is 0 Å². The van der Waals surface area contributed by atoms with E-state index in [9.17, 15) is 18.4 Å². The number of fused-ring (bicyclic) bond motifs is 1. The predicted molar refractivity (Wildman–Crippen MR) is 93.5 cm³/mol. The van der Waals surface area contributed by atoms with Crippen LogP contribution in [0, 0.1) is 0 Å². The molecule has 0 atom stereocenters. The second-order valence-corrected chi connectivity index (χ2v) is 6.51. The van der Waals surface area contributed by atoms with Gasteiger partial charge in [-0.25, -0.2) is 4.98 Å². The van der Waals surface area contributed by atoms with Crippen LogP contribution in [-0.4, -0.2) is 34.4 Å². The Morgan fingerprint density at radius 3 is 2.73 bits per heavy atom. The Morgan fingerprint density at radius 2 is 2.04 bits per heavy atom. The molecular formula is C17H15F2N3O3S. The molecule has 3 rings (SSSR count). The zero-order valence-electron chi connectivity index (χ0n) is 13.7. The molecule has 0 aliphatic carbocycles. The van der Waals surface area contributed by atoms with E-state index in [0.29, 0.717) is 21.6 Å². The number of benzene rings is 1. The van der Waals surface area contributed by atoms with Crippen LogP contribution in [0.3, 0.4) is 0 Å². The second kappa shape index (κ2) is 7.61. The zero-order chi connectivity index (χ0) is 18.7. The molecule has 3 aromatic rings. The Bertz CT molecular complexity index is 969. The molecule has 0 radical (unpaired) electrons. The summed E-state index contributed by atoms with van der Waals surface area (Å²) in [5.74, 6) is 0.244. The minimum atomic E-state index is -2.89. The highest BCUT2D eigenvalue weighted by molar-refractivity contribution is 7.17. The number of hydrogen-bond acceptors (Lipinski definition) is 5. The van der Waals surface area contributed by atoms with Crippen LogP contribution in [0.2, 0.25) is 0 Å². The lowest BCUT2D eigenvalue weighted by Crippen LogP contribution is -2.29. The largest absolute Gasteiger partial charge is 0.435 e. The quantitative estimate of drug-likeness (QED) is 0.715. The van der Waals surface area contributed by atoms with Crippen LogP contribution >= 0.6 is 11.3 Å². The molecule has 1 N–H and O–H groups in total. The summed E-state index contributed by atoms with van der Waals surface area (Å²) in [5, 5.41) is 1.78. The zero-order valence-corrected chi connectivity index (χ0v) is 14.6. The van der Waals surface area contributed by atoms with Crippen LogP contribution in [0.1, 0.15) is 11.4 Å². The van der Waals surface area contributed by atoms with Gasteiger partial charge in [0.2, 0.25) is 5.91 Å². The number of thiophene rings is 1. The number of H-pyrrole nitrogens is 1. The molecule has 1 amide bonds. The third-order valence-corrected chi connectivity index (χ3v) is 4.58. The molecule has 2 aromatic heterocycles. The molecule has 26 heavy (non-hydrogen) atoms. The Labute approximate surface area is 151 Å². The second-order valence-electron chi connectivity index (χ2n) is 5.60. The van der Waals surface area contributed by atoms with Gasteiger partial charge in [-0.1, -0.05) is 12.1 Å². The van der Waals surface area contributed by atoms with Gasteiger partial charge in [-0.05, 0) is 29.1 Å². The average Bonchev–Trinajstić information content (AvgIpc) is 3.05. The van der Waals surface area contributed by atoms with Crippen molar-refractivity contribution in [3.63, 3.8) is 0 Å². The number of alkyl halides is 2. The third-order valence-electron chi connectivity index (χ3n) is 3.68. The van der Waals surface area contributed by atoms with E-state index < -0.39 is 6.61 Å². The van der Waals surface area contributed by atoms with E-state index in [-0.39, 0.29) is 30.2 Å². The highest BCUT2D eigenvalue weighted by atomic mass is 32.1. The molecule has 0 unspecified atom stereocenters. The minimum Gasteiger partial charge on any atom is -0.435 e. The number of carbonyl (C=O) groups excluding carboxylic acids is 1. The monoisotopic (exact) mass is 379 g/mol. The van der Waals surface area contributed by atoms with Crippen molar-refractivity contribution in [2.45, 2.75) is 19.6 Å². The Kier molecular flexibility index (Phi) is 5.27. The fourth-order valence-electron chi connectivity index (χ4n) is 2.41. The predicted octanol–water partition coefficient (Wildman–Crippen LogP) is 2.79. The third kappa shape index (κ3) is 4.23. The summed E-state index contributed by atoms with van der Waals surface area (Å²) < 4.78 is 29.1. The number of ether oxygens (including phenoxy) is 1. The van der Waals surface area contributed by atoms with E-state index in [1.54, 1.807) is 30.6 Å². The first-order chi connectivity index (χ1) is 12.4. The lowest BCUT2D eigenvalue weighted by atomic mass is 10.1. The first-order valence-corrected chi connectivity index (χ1v) is 8.54. The van der Waals surface area contributed by atoms with Crippen molar-refractivity contribution in [3.05, 3.63) is 57.5 Å². The van der Waals surface area contributed by atoms with E-state index in [1.807, 2.05) is 0 Å². The van der Waals surface area contributed by atoms with Gasteiger partial charge in [0, 0.05) is 7.05 Å². The van der Waals surface area contributed by atoms with Gasteiger partial charge in [-0.2, -0.15) is 8.78 Å². The van der Waals surface area contributed by atoms with Gasteiger partial charge >= 0.3 is 6.61 Å². The molecule has 0 saturated carbocycles. The van der Waals surface area contributed by atoms with Gasteiger partial charge in [0.15, 0.2) is 0 Å². The Balaban J connectivity index is 1.64. The molecule has 1 aromatic carbocycles. The summed E-state index contributed by atoms with van der Waals surface area (Å²) in [6.07, 6.45) is 0.0936. The van der Waals surface area contributed by atoms with Crippen molar-refractivity contribution in [1.82, 2.24) is 14.9 Å². The number of amides is 1. The highest BCUT2D eigenvalue weighted by Crippen LogP contribution is 2.16. The number of hydrogen-bond donors (Lipinski definition) is 1. The number of nitrogens with zero attached hydrogens (tertiary/aromatic N) is 2. The molecule has 9 heteroatoms. The topological polar surface area (TPSA) is 75.3 Å². The molecule has 6 nitrogen and oxygen atoms in total. The number of aromatic nitrogens is 2. The number of halogens is 2. The van der Waals surface area contributed by atoms with Crippen LogP contribution in [0.4, 0.5) is 8.78 Å². The van der Waals surface area contributed by atoms with Crippen molar-refractivity contribution < 1.29 is 18.3 Å². The van der Waals surface area contributed by atoms with Gasteiger partial charge < -0.3 is 14.6 Å². The van der Waals surface area contributed by atoms with E-state index in [4.69, 9.17) is 0 Å². The fraction of sp³-hybridized carbons (Fsp3) is 0.235. The fourth-order valence-corrected chi connectivity index (χ4v) is 3.13. The van der Waals surface area contributed by atoms with Gasteiger partial charge in [-0.15, -0.1) is 11.3 Å². The van der Waals surface area contributed by atoms with Crippen LogP contribution < -0.4 is 10.3 Å². The standard InChI is InChI=1S/C17H15F2N3O3S/c1-22(9-13-20-12-6-7-26-15(12)16(24)21-13)14(23)8-10-2-4-11(5-3-10)25-17(18)19/h2-7,17H,8-9H2,1H3,(H,20,21,24). The maximum atomic E-state index is 12.3. The SMILES string of the molecule is CN(Cc1nc2ccsc2c(=O)[nH]1)C(=O)Cc1ccc(OC(F)F)cc1. The summed E-state index contributed by atoms with van der Waals surface area (Å²) in [4.78, 5) is 32.7. The van der Waals surface area contributed by atoms with Crippen molar-refractivity contribution >= 4 is 27.5 Å². The maximum absolute atomic E-state index is 12.3. The van der Waals surface area contributed by atoms with Crippen molar-refractivity contribution in [2.24, 2.45) is 0 Å². The van der Waals surface area contributed by atoms with E-state index in [0.717, 1.165) is 0 Å². The molecule has 0 aliphatic rings. The normalized spacial score (nSPS) is 11.1. The van der Waals surface area contributed by atoms with Crippen LogP contribution in [0.25, 0.3) is 10.2 Å². The van der Waals surface area contributed by atoms with E-state index in [2.05, 4.69) is 14.7 Å². The highest BCUT2D eigenvalue weighted by Gasteiger charge is 2.13. The number of rotatable bonds is 6. The average molecular weight is 379 g/mol. The summed E-state index contributed by atoms with van der Waals surface area (Å²) >= 11 is 1.31. The van der Waals surface area contributed by atoms with Crippen molar-refractivity contribution in [3.8, 4) is 5.75 Å². The van der Waals surface area contributed by atoms with Crippen LogP contribution in [0.15, 0.2) is 40.5 Å². The van der Waals surface area contributed by atoms with Crippen molar-refractivity contribution in [1.29, 1.82) is 0 Å². The van der Waals surface area contributed by atoms with Gasteiger partial charge in [0.05, 0.1) is 18.5 Å². The van der Waals surface area contributed by atoms with E-state index in [1.165, 1.54) is 28.4 Å². The number of carbonyl (C=O) groups is 1. The summed E-state index contributed by atoms with van der Waals surface area (Å²) in [6.45, 7) is -2.73. The molecule has 0 bridgehead atoms. The molecule has 0 fully saturated rings. The summed E-state index contributed by atoms with van der Waals surface area (Å²) in [6, 6.07) is 7.64. The van der Waals surface area contributed by atoms with Gasteiger partial charge in [-0.3, -0.25) is 9.59 Å². The lowest BCUT2D eigenvalue weighted by Gasteiger charge is -2.16. The maximum Gasteiger partial charge on any atom is 0.387 e. The first-order valence-electron chi connectivity index (χ1n) is 7.66. The molecule has 0 aliphatic heterocycles. The molecule has 2 heterocycles. The first kappa shape index (κ1) is 18.0. The molecule has 0 spiro atoms. The van der Waals surface area contributed by atoms with Crippen LogP contribution in [-0.2, 0) is 17.8 Å². The van der Waals surface area contributed by atoms with Gasteiger partial charge in [0.1, 0.15) is 16.3 Å². The number of likely N-dealkylation sites (N-methyl/N-ethyl adjacent to an activating group) is 1. The minimum absolute atomic E-state index is 0.0374. The molecular weight excluding hydrogens is 364 g/mol. The molecule has 136 valence electrons. The Hall–Kier alpha value is -2.81. The molecule has 0 saturated heterocycles. The van der Waals surface area contributed by atoms with Crippen molar-refractivity contribution in [2.75, 3.05) is 7.05 Å². The number of aromatic amines is 1. The van der Waals surface area contributed by atoms with Crippen LogP contribution in [0.5, 0.6) is 5.75 Å². The van der Waals surface area contributed by atoms with Gasteiger partial charge in [0.25, 0.3) is 5.56 Å². The summed E-state index contributed by atoms with van der Waals surface area (Å²) in [7, 11) is 1.61. The number of nitrogens with one attached hydrogen (secondary N) is 1. The summed E-state index contributed by atoms with van der Waals surface area (Å²) in [5.41, 5.74) is 1.04. The smallest absolute Gasteiger partial charge is 0.387 e. The Morgan fingerprint density at radius 1 is 1.31 bits per heavy atom.